The lowest BCUT2D eigenvalue weighted by atomic mass is 10.2. The largest absolute Gasteiger partial charge is 0.495 e. The number of methoxy groups -OCH3 is 1. The summed E-state index contributed by atoms with van der Waals surface area (Å²) in [5.41, 5.74) is 1.77. The third kappa shape index (κ3) is 4.44. The lowest BCUT2D eigenvalue weighted by Gasteiger charge is -2.36. The molecule has 2 heterocycles. The Kier molecular flexibility index (Phi) is 6.29. The first-order chi connectivity index (χ1) is 12.8. The van der Waals surface area contributed by atoms with Gasteiger partial charge in [0.15, 0.2) is 0 Å². The molecule has 0 bridgehead atoms. The quantitative estimate of drug-likeness (QED) is 0.774. The molecule has 0 saturated carbocycles. The van der Waals surface area contributed by atoms with Gasteiger partial charge < -0.3 is 15.0 Å². The zero-order valence-electron chi connectivity index (χ0n) is 15.2. The molecule has 136 valence electrons. The van der Waals surface area contributed by atoms with Crippen molar-refractivity contribution in [3.8, 4) is 11.8 Å². The molecular weight excluding hydrogens is 326 g/mol. The highest BCUT2D eigenvalue weighted by Crippen LogP contribution is 2.28. The number of pyridine rings is 1. The van der Waals surface area contributed by atoms with E-state index in [9.17, 15) is 0 Å². The fourth-order valence-electron chi connectivity index (χ4n) is 3.25. The zero-order chi connectivity index (χ0) is 18.2. The van der Waals surface area contributed by atoms with Crippen molar-refractivity contribution in [2.45, 2.75) is 6.42 Å². The summed E-state index contributed by atoms with van der Waals surface area (Å²) in [6.07, 6.45) is 2.73. The monoisotopic (exact) mass is 351 g/mol. The predicted octanol–water partition coefficient (Wildman–Crippen LogP) is 2.59. The number of ether oxygens (including phenoxy) is 1. The van der Waals surface area contributed by atoms with Crippen molar-refractivity contribution in [3.63, 3.8) is 0 Å². The van der Waals surface area contributed by atoms with Gasteiger partial charge in [0.05, 0.1) is 18.4 Å². The average Bonchev–Trinajstić information content (AvgIpc) is 2.72. The molecule has 0 atom stereocenters. The summed E-state index contributed by atoms with van der Waals surface area (Å²) in [5, 5.41) is 12.3. The normalized spacial score (nSPS) is 14.7. The first-order valence-corrected chi connectivity index (χ1v) is 9.01. The van der Waals surface area contributed by atoms with Gasteiger partial charge in [-0.05, 0) is 37.2 Å². The third-order valence-corrected chi connectivity index (χ3v) is 4.67. The van der Waals surface area contributed by atoms with Crippen molar-refractivity contribution in [3.05, 3.63) is 48.2 Å². The minimum absolute atomic E-state index is 0.595. The molecule has 0 radical (unpaired) electrons. The van der Waals surface area contributed by atoms with Crippen molar-refractivity contribution in [1.82, 2.24) is 9.88 Å². The molecule has 1 aromatic carbocycles. The number of hydrogen-bond donors (Lipinski definition) is 1. The maximum atomic E-state index is 9.08. The van der Waals surface area contributed by atoms with E-state index in [1.807, 2.05) is 12.1 Å². The van der Waals surface area contributed by atoms with Crippen LogP contribution in [0.4, 0.5) is 11.5 Å². The number of nitrogens with zero attached hydrogens (tertiary/aromatic N) is 4. The van der Waals surface area contributed by atoms with Crippen molar-refractivity contribution >= 4 is 11.5 Å². The fraction of sp³-hybridized carbons (Fsp3) is 0.400. The molecule has 1 aliphatic rings. The summed E-state index contributed by atoms with van der Waals surface area (Å²) in [6, 6.07) is 13.9. The van der Waals surface area contributed by atoms with Crippen LogP contribution in [0.1, 0.15) is 12.0 Å². The fourth-order valence-corrected chi connectivity index (χ4v) is 3.25. The first-order valence-electron chi connectivity index (χ1n) is 9.01. The third-order valence-electron chi connectivity index (χ3n) is 4.67. The number of nitriles is 1. The number of para-hydroxylation sites is 2. The predicted molar refractivity (Wildman–Crippen MR) is 104 cm³/mol. The van der Waals surface area contributed by atoms with Crippen molar-refractivity contribution < 1.29 is 4.74 Å². The number of hydrogen-bond acceptors (Lipinski definition) is 6. The Morgan fingerprint density at radius 1 is 1.15 bits per heavy atom. The second kappa shape index (κ2) is 9.07. The van der Waals surface area contributed by atoms with E-state index in [1.165, 1.54) is 5.69 Å². The number of aromatic nitrogens is 1. The van der Waals surface area contributed by atoms with E-state index in [2.05, 4.69) is 38.3 Å². The summed E-state index contributed by atoms with van der Waals surface area (Å²) < 4.78 is 5.47. The molecule has 2 aromatic rings. The van der Waals surface area contributed by atoms with E-state index < -0.39 is 0 Å². The van der Waals surface area contributed by atoms with Crippen LogP contribution in [-0.4, -0.2) is 56.3 Å². The highest BCUT2D eigenvalue weighted by atomic mass is 16.5. The van der Waals surface area contributed by atoms with E-state index in [0.717, 1.165) is 51.4 Å². The average molecular weight is 351 g/mol. The minimum atomic E-state index is 0.595. The molecule has 26 heavy (non-hydrogen) atoms. The molecule has 1 aliphatic heterocycles. The van der Waals surface area contributed by atoms with Crippen molar-refractivity contribution in [2.75, 3.05) is 56.6 Å². The van der Waals surface area contributed by atoms with Gasteiger partial charge in [-0.2, -0.15) is 5.26 Å². The van der Waals surface area contributed by atoms with E-state index in [1.54, 1.807) is 25.4 Å². The van der Waals surface area contributed by atoms with Gasteiger partial charge in [-0.3, -0.25) is 4.90 Å². The molecule has 0 spiro atoms. The first kappa shape index (κ1) is 18.0. The van der Waals surface area contributed by atoms with Crippen molar-refractivity contribution in [2.24, 2.45) is 0 Å². The Labute approximate surface area is 155 Å². The summed E-state index contributed by atoms with van der Waals surface area (Å²) in [4.78, 5) is 9.10. The molecule has 1 N–H and O–H groups in total. The SMILES string of the molecule is COc1ccccc1N1CCN(CCCNc2ncccc2C#N)CC1. The Morgan fingerprint density at radius 2 is 1.96 bits per heavy atom. The molecule has 1 fully saturated rings. The van der Waals surface area contributed by atoms with Crippen LogP contribution in [0.25, 0.3) is 0 Å². The lowest BCUT2D eigenvalue weighted by molar-refractivity contribution is 0.256. The van der Waals surface area contributed by atoms with Crippen LogP contribution < -0.4 is 15.0 Å². The smallest absolute Gasteiger partial charge is 0.143 e. The summed E-state index contributed by atoms with van der Waals surface area (Å²) >= 11 is 0. The van der Waals surface area contributed by atoms with Crippen LogP contribution in [0, 0.1) is 11.3 Å². The van der Waals surface area contributed by atoms with Crippen LogP contribution in [0.2, 0.25) is 0 Å². The van der Waals surface area contributed by atoms with Gasteiger partial charge >= 0.3 is 0 Å². The molecule has 6 nitrogen and oxygen atoms in total. The van der Waals surface area contributed by atoms with Gasteiger partial charge in [0.2, 0.25) is 0 Å². The Morgan fingerprint density at radius 3 is 2.73 bits per heavy atom. The minimum Gasteiger partial charge on any atom is -0.495 e. The Hall–Kier alpha value is -2.78. The van der Waals surface area contributed by atoms with Gasteiger partial charge in [0.25, 0.3) is 0 Å². The number of benzene rings is 1. The second-order valence-corrected chi connectivity index (χ2v) is 6.29. The zero-order valence-corrected chi connectivity index (χ0v) is 15.2. The summed E-state index contributed by atoms with van der Waals surface area (Å²) in [6.45, 7) is 5.97. The lowest BCUT2D eigenvalue weighted by Crippen LogP contribution is -2.46. The molecule has 3 rings (SSSR count). The second-order valence-electron chi connectivity index (χ2n) is 6.29. The number of piperazine rings is 1. The summed E-state index contributed by atoms with van der Waals surface area (Å²) in [5.74, 6) is 1.62. The molecule has 0 aliphatic carbocycles. The molecular formula is C20H25N5O. The molecule has 1 saturated heterocycles. The van der Waals surface area contributed by atoms with E-state index >= 15 is 0 Å². The summed E-state index contributed by atoms with van der Waals surface area (Å²) in [7, 11) is 1.72. The van der Waals surface area contributed by atoms with E-state index in [4.69, 9.17) is 10.00 Å². The van der Waals surface area contributed by atoms with E-state index in [0.29, 0.717) is 11.4 Å². The van der Waals surface area contributed by atoms with Crippen molar-refractivity contribution in [1.29, 1.82) is 5.26 Å². The maximum absolute atomic E-state index is 9.08. The molecule has 0 unspecified atom stereocenters. The van der Waals surface area contributed by atoms with E-state index in [-0.39, 0.29) is 0 Å². The number of rotatable bonds is 7. The highest BCUT2D eigenvalue weighted by molar-refractivity contribution is 5.58. The molecule has 0 amide bonds. The number of nitrogens with one attached hydrogen (secondary N) is 1. The standard InChI is InChI=1S/C20H25N5O/c1-26-19-8-3-2-7-18(19)25-14-12-24(13-15-25)11-5-10-23-20-17(16-21)6-4-9-22-20/h2-4,6-9H,5,10-15H2,1H3,(H,22,23). The topological polar surface area (TPSA) is 64.4 Å². The Bertz CT molecular complexity index is 750. The Balaban J connectivity index is 1.41. The van der Waals surface area contributed by atoms with Crippen LogP contribution in [0.3, 0.4) is 0 Å². The molecule has 1 aromatic heterocycles. The highest BCUT2D eigenvalue weighted by Gasteiger charge is 2.19. The van der Waals surface area contributed by atoms with Gasteiger partial charge in [-0.15, -0.1) is 0 Å². The van der Waals surface area contributed by atoms with Gasteiger partial charge in [0.1, 0.15) is 17.6 Å². The number of anilines is 2. The van der Waals surface area contributed by atoms with Crippen LogP contribution in [0.15, 0.2) is 42.6 Å². The van der Waals surface area contributed by atoms with Crippen LogP contribution in [0.5, 0.6) is 5.75 Å². The van der Waals surface area contributed by atoms with Crippen LogP contribution >= 0.6 is 0 Å². The van der Waals surface area contributed by atoms with Gasteiger partial charge in [-0.25, -0.2) is 4.98 Å². The van der Waals surface area contributed by atoms with Crippen LogP contribution in [-0.2, 0) is 0 Å². The maximum Gasteiger partial charge on any atom is 0.143 e. The molecule has 6 heteroatoms. The van der Waals surface area contributed by atoms with Gasteiger partial charge in [-0.1, -0.05) is 12.1 Å². The van der Waals surface area contributed by atoms with Gasteiger partial charge in [0, 0.05) is 38.9 Å².